The van der Waals surface area contributed by atoms with Crippen LogP contribution in [0, 0.1) is 0 Å². The average Bonchev–Trinajstić information content (AvgIpc) is 2.60. The number of ether oxygens (including phenoxy) is 1. The van der Waals surface area contributed by atoms with Gasteiger partial charge in [0.15, 0.2) is 0 Å². The first-order chi connectivity index (χ1) is 11.9. The molecule has 0 bridgehead atoms. The smallest absolute Gasteiger partial charge is 0.223 e. The van der Waals surface area contributed by atoms with Crippen molar-refractivity contribution in [3.63, 3.8) is 0 Å². The van der Waals surface area contributed by atoms with Gasteiger partial charge in [0.25, 0.3) is 0 Å². The van der Waals surface area contributed by atoms with Gasteiger partial charge in [-0.1, -0.05) is 18.2 Å². The maximum atomic E-state index is 11.9. The van der Waals surface area contributed by atoms with E-state index in [0.717, 1.165) is 5.75 Å². The molecule has 7 heteroatoms. The van der Waals surface area contributed by atoms with Gasteiger partial charge in [-0.2, -0.15) is 0 Å². The minimum atomic E-state index is -3.27. The molecule has 134 valence electrons. The molecule has 1 amide bonds. The molecule has 0 spiro atoms. The highest BCUT2D eigenvalue weighted by Gasteiger charge is 2.13. The van der Waals surface area contributed by atoms with Gasteiger partial charge in [0.05, 0.1) is 5.75 Å². The lowest BCUT2D eigenvalue weighted by Gasteiger charge is -2.21. The van der Waals surface area contributed by atoms with Crippen LogP contribution in [0.5, 0.6) is 11.5 Å². The SMILES string of the molecule is CCS(=O)(=O)NCCN(C(C)=O)c1ccc(Oc2ccccc2)cc1. The number of benzene rings is 2. The molecule has 0 aliphatic heterocycles. The van der Waals surface area contributed by atoms with Crippen LogP contribution in [0.25, 0.3) is 0 Å². The molecular formula is C18H22N2O4S. The monoisotopic (exact) mass is 362 g/mol. The van der Waals surface area contributed by atoms with Crippen LogP contribution in [0.15, 0.2) is 54.6 Å². The van der Waals surface area contributed by atoms with E-state index in [1.807, 2.05) is 30.3 Å². The van der Waals surface area contributed by atoms with Crippen molar-refractivity contribution in [1.29, 1.82) is 0 Å². The summed E-state index contributed by atoms with van der Waals surface area (Å²) in [7, 11) is -3.27. The Morgan fingerprint density at radius 3 is 2.20 bits per heavy atom. The van der Waals surface area contributed by atoms with E-state index in [1.165, 1.54) is 11.8 Å². The molecular weight excluding hydrogens is 340 g/mol. The standard InChI is InChI=1S/C18H22N2O4S/c1-3-25(22,23)19-13-14-20(15(2)21)16-9-11-18(12-10-16)24-17-7-5-4-6-8-17/h4-12,19H,3,13-14H2,1-2H3. The summed E-state index contributed by atoms with van der Waals surface area (Å²) >= 11 is 0. The molecule has 0 radical (unpaired) electrons. The summed E-state index contributed by atoms with van der Waals surface area (Å²) in [5.74, 6) is 1.24. The molecule has 6 nitrogen and oxygen atoms in total. The zero-order valence-corrected chi connectivity index (χ0v) is 15.1. The van der Waals surface area contributed by atoms with Crippen molar-refractivity contribution in [2.45, 2.75) is 13.8 Å². The Morgan fingerprint density at radius 1 is 1.04 bits per heavy atom. The van der Waals surface area contributed by atoms with Gasteiger partial charge in [-0.25, -0.2) is 13.1 Å². The van der Waals surface area contributed by atoms with Crippen molar-refractivity contribution < 1.29 is 17.9 Å². The number of hydrogen-bond donors (Lipinski definition) is 1. The molecule has 0 heterocycles. The molecule has 0 saturated heterocycles. The second-order valence-electron chi connectivity index (χ2n) is 5.38. The predicted octanol–water partition coefficient (Wildman–Crippen LogP) is 2.77. The molecule has 0 unspecified atom stereocenters. The third-order valence-corrected chi connectivity index (χ3v) is 4.95. The highest BCUT2D eigenvalue weighted by atomic mass is 32.2. The lowest BCUT2D eigenvalue weighted by atomic mass is 10.2. The Kier molecular flexibility index (Phi) is 6.55. The first-order valence-corrected chi connectivity index (χ1v) is 9.65. The van der Waals surface area contributed by atoms with Gasteiger partial charge in [-0.15, -0.1) is 0 Å². The summed E-state index contributed by atoms with van der Waals surface area (Å²) in [6.07, 6.45) is 0. The van der Waals surface area contributed by atoms with Crippen LogP contribution >= 0.6 is 0 Å². The van der Waals surface area contributed by atoms with Gasteiger partial charge in [-0.05, 0) is 43.3 Å². The van der Waals surface area contributed by atoms with Crippen molar-refractivity contribution in [3.8, 4) is 11.5 Å². The Hall–Kier alpha value is -2.38. The number of para-hydroxylation sites is 1. The van der Waals surface area contributed by atoms with Crippen molar-refractivity contribution in [1.82, 2.24) is 4.72 Å². The minimum absolute atomic E-state index is 0.0125. The molecule has 0 aliphatic rings. The van der Waals surface area contributed by atoms with Crippen LogP contribution in [0.4, 0.5) is 5.69 Å². The third-order valence-electron chi connectivity index (χ3n) is 3.54. The predicted molar refractivity (Wildman–Crippen MR) is 98.4 cm³/mol. The van der Waals surface area contributed by atoms with E-state index in [2.05, 4.69) is 4.72 Å². The van der Waals surface area contributed by atoms with Gasteiger partial charge in [0, 0.05) is 25.7 Å². The Balaban J connectivity index is 2.02. The fourth-order valence-electron chi connectivity index (χ4n) is 2.20. The van der Waals surface area contributed by atoms with Gasteiger partial charge in [0.2, 0.25) is 15.9 Å². The molecule has 0 fully saturated rings. The number of carbonyl (C=O) groups excluding carboxylic acids is 1. The minimum Gasteiger partial charge on any atom is -0.457 e. The molecule has 0 aliphatic carbocycles. The van der Waals surface area contributed by atoms with E-state index in [0.29, 0.717) is 11.4 Å². The number of carbonyl (C=O) groups is 1. The molecule has 25 heavy (non-hydrogen) atoms. The van der Waals surface area contributed by atoms with E-state index in [1.54, 1.807) is 31.2 Å². The summed E-state index contributed by atoms with van der Waals surface area (Å²) in [5, 5.41) is 0. The van der Waals surface area contributed by atoms with Crippen LogP contribution in [0.2, 0.25) is 0 Å². The molecule has 0 atom stereocenters. The van der Waals surface area contributed by atoms with Crippen LogP contribution in [0.3, 0.4) is 0 Å². The van der Waals surface area contributed by atoms with Gasteiger partial charge < -0.3 is 9.64 Å². The maximum absolute atomic E-state index is 11.9. The molecule has 1 N–H and O–H groups in total. The second kappa shape index (κ2) is 8.64. The van der Waals surface area contributed by atoms with Crippen LogP contribution in [-0.2, 0) is 14.8 Å². The Bertz CT molecular complexity index is 790. The fourth-order valence-corrected chi connectivity index (χ4v) is 2.81. The van der Waals surface area contributed by atoms with Crippen LogP contribution < -0.4 is 14.4 Å². The van der Waals surface area contributed by atoms with Crippen molar-refractivity contribution in [2.24, 2.45) is 0 Å². The number of nitrogens with zero attached hydrogens (tertiary/aromatic N) is 1. The Labute approximate surface area is 148 Å². The lowest BCUT2D eigenvalue weighted by Crippen LogP contribution is -2.38. The van der Waals surface area contributed by atoms with E-state index >= 15 is 0 Å². The molecule has 2 rings (SSSR count). The van der Waals surface area contributed by atoms with E-state index in [4.69, 9.17) is 4.74 Å². The van der Waals surface area contributed by atoms with Crippen molar-refractivity contribution in [2.75, 3.05) is 23.7 Å². The summed E-state index contributed by atoms with van der Waals surface area (Å²) in [4.78, 5) is 13.4. The lowest BCUT2D eigenvalue weighted by molar-refractivity contribution is -0.116. The number of sulfonamides is 1. The highest BCUT2D eigenvalue weighted by Crippen LogP contribution is 2.24. The van der Waals surface area contributed by atoms with E-state index in [9.17, 15) is 13.2 Å². The first-order valence-electron chi connectivity index (χ1n) is 7.99. The second-order valence-corrected chi connectivity index (χ2v) is 7.47. The van der Waals surface area contributed by atoms with Crippen LogP contribution in [-0.4, -0.2) is 33.2 Å². The van der Waals surface area contributed by atoms with E-state index in [-0.39, 0.29) is 24.7 Å². The molecule has 2 aromatic carbocycles. The number of amides is 1. The number of rotatable bonds is 8. The van der Waals surface area contributed by atoms with Crippen molar-refractivity contribution >= 4 is 21.6 Å². The molecule has 2 aromatic rings. The number of anilines is 1. The van der Waals surface area contributed by atoms with Gasteiger partial charge in [-0.3, -0.25) is 4.79 Å². The quantitative estimate of drug-likeness (QED) is 0.783. The molecule has 0 saturated carbocycles. The normalized spacial score (nSPS) is 11.1. The zero-order chi connectivity index (χ0) is 18.3. The largest absolute Gasteiger partial charge is 0.457 e. The molecule has 0 aromatic heterocycles. The first kappa shape index (κ1) is 19.0. The van der Waals surface area contributed by atoms with Crippen LogP contribution in [0.1, 0.15) is 13.8 Å². The average molecular weight is 362 g/mol. The number of nitrogens with one attached hydrogen (secondary N) is 1. The summed E-state index contributed by atoms with van der Waals surface area (Å²) < 4.78 is 31.1. The topological polar surface area (TPSA) is 75.7 Å². The van der Waals surface area contributed by atoms with Gasteiger partial charge >= 0.3 is 0 Å². The number of hydrogen-bond acceptors (Lipinski definition) is 4. The summed E-state index contributed by atoms with van der Waals surface area (Å²) in [5.41, 5.74) is 0.684. The summed E-state index contributed by atoms with van der Waals surface area (Å²) in [6, 6.07) is 16.5. The van der Waals surface area contributed by atoms with E-state index < -0.39 is 10.0 Å². The zero-order valence-electron chi connectivity index (χ0n) is 14.3. The summed E-state index contributed by atoms with van der Waals surface area (Å²) in [6.45, 7) is 3.44. The third kappa shape index (κ3) is 5.88. The maximum Gasteiger partial charge on any atom is 0.223 e. The highest BCUT2D eigenvalue weighted by molar-refractivity contribution is 7.89. The Morgan fingerprint density at radius 2 is 1.64 bits per heavy atom. The fraction of sp³-hybridized carbons (Fsp3) is 0.278. The van der Waals surface area contributed by atoms with Crippen molar-refractivity contribution in [3.05, 3.63) is 54.6 Å². The van der Waals surface area contributed by atoms with Gasteiger partial charge in [0.1, 0.15) is 11.5 Å².